The number of nitrogens with zero attached hydrogens (tertiary/aromatic N) is 2. The maximum atomic E-state index is 12.0. The summed E-state index contributed by atoms with van der Waals surface area (Å²) in [5, 5.41) is 91.4. The first-order valence-corrected chi connectivity index (χ1v) is 22.4. The number of hydrogen-bond donors (Lipinski definition) is 9. The molecular formula is C45H64N2O16. The average molecular weight is 889 g/mol. The van der Waals surface area contributed by atoms with Crippen molar-refractivity contribution in [3.05, 3.63) is 46.5 Å². The lowest BCUT2D eigenvalue weighted by molar-refractivity contribution is -0.272. The van der Waals surface area contributed by atoms with Gasteiger partial charge in [-0.1, -0.05) is 26.0 Å². The fourth-order valence-electron chi connectivity index (χ4n) is 10.6. The molecule has 0 aromatic heterocycles. The number of esters is 1. The number of carbonyl (C=O) groups is 2. The minimum Gasteiger partial charge on any atom is -0.504 e. The van der Waals surface area contributed by atoms with Crippen molar-refractivity contribution < 1.29 is 79.2 Å². The number of carboxylic acid groups (broad SMARTS) is 1. The van der Waals surface area contributed by atoms with E-state index in [1.54, 1.807) is 12.1 Å². The van der Waals surface area contributed by atoms with Gasteiger partial charge in [0.1, 0.15) is 36.6 Å². The van der Waals surface area contributed by atoms with E-state index in [1.165, 1.54) is 0 Å². The van der Waals surface area contributed by atoms with Crippen LogP contribution in [0.1, 0.15) is 74.6 Å². The Hall–Kier alpha value is -3.82. The van der Waals surface area contributed by atoms with Crippen LogP contribution < -0.4 is 9.47 Å². The Bertz CT molecular complexity index is 1910. The van der Waals surface area contributed by atoms with E-state index in [-0.39, 0.29) is 23.0 Å². The van der Waals surface area contributed by atoms with Crippen molar-refractivity contribution in [3.8, 4) is 23.0 Å². The van der Waals surface area contributed by atoms with Crippen LogP contribution in [0.15, 0.2) is 24.3 Å². The number of carbonyl (C=O) groups excluding carboxylic acids is 1. The number of piperidine rings is 2. The highest BCUT2D eigenvalue weighted by molar-refractivity contribution is 5.75. The molecule has 18 heteroatoms. The molecule has 0 bridgehead atoms. The zero-order chi connectivity index (χ0) is 45.3. The number of aliphatic carboxylic acids is 1. The van der Waals surface area contributed by atoms with Gasteiger partial charge in [0.2, 0.25) is 12.6 Å². The van der Waals surface area contributed by atoms with E-state index in [0.717, 1.165) is 120 Å². The van der Waals surface area contributed by atoms with Crippen LogP contribution in [0.2, 0.25) is 0 Å². The first-order chi connectivity index (χ1) is 30.2. The van der Waals surface area contributed by atoms with Crippen LogP contribution in [0, 0.1) is 11.8 Å². The maximum absolute atomic E-state index is 12.0. The third-order valence-corrected chi connectivity index (χ3v) is 13.9. The van der Waals surface area contributed by atoms with Gasteiger partial charge < -0.3 is 69.6 Å². The number of fused-ring (bicyclic) bond motifs is 4. The predicted molar refractivity (Wildman–Crippen MR) is 222 cm³/mol. The highest BCUT2D eigenvalue weighted by Crippen LogP contribution is 2.45. The van der Waals surface area contributed by atoms with E-state index >= 15 is 0 Å². The Kier molecular flexibility index (Phi) is 15.1. The Morgan fingerprint density at radius 1 is 0.667 bits per heavy atom. The molecule has 14 atom stereocenters. The number of carboxylic acids is 1. The standard InChI is InChI=1S/C23H33NO8.C22H31NO8/c1-3-8-24-9-4-5-13-10-14-12(11-15(13)24)6-7-16(25)20(14)31-23-19(28)17(26)18(27)21(32-23)22(29)30-2;1-2-7-23-8-3-4-12-9-13-11(10-14(12)23)5-6-15(16(13)24)30-22-19(27)17(25)18(26)20(31-22)21(28)29/h6-7,13,15,17-19,21,23,25-28H,3-5,8-11H2,1-2H3;5-6,12,14,17-20,22,24-27H,2-4,7-10H2,1H3,(H,28,29)/t13-,15-,17+,18+,19-,21+,23-;12-,14-,17+,18+,19-,20+,22-/m11/s1. The number of benzene rings is 2. The number of hydrogen-bond acceptors (Lipinski definition) is 17. The van der Waals surface area contributed by atoms with Gasteiger partial charge in [-0.2, -0.15) is 0 Å². The van der Waals surface area contributed by atoms with Crippen molar-refractivity contribution in [2.45, 2.75) is 152 Å². The maximum Gasteiger partial charge on any atom is 0.337 e. The second-order valence-corrected chi connectivity index (χ2v) is 17.8. The fraction of sp³-hybridized carbons (Fsp3) is 0.689. The first-order valence-electron chi connectivity index (χ1n) is 22.4. The quantitative estimate of drug-likeness (QED) is 0.148. The van der Waals surface area contributed by atoms with Gasteiger partial charge in [-0.25, -0.2) is 9.59 Å². The van der Waals surface area contributed by atoms with Crippen molar-refractivity contribution in [3.63, 3.8) is 0 Å². The Morgan fingerprint density at radius 2 is 1.17 bits per heavy atom. The molecule has 4 fully saturated rings. The molecule has 2 aromatic rings. The summed E-state index contributed by atoms with van der Waals surface area (Å²) < 4.78 is 26.7. The molecule has 4 saturated heterocycles. The summed E-state index contributed by atoms with van der Waals surface area (Å²) in [4.78, 5) is 28.4. The second kappa shape index (κ2) is 20.1. The van der Waals surface area contributed by atoms with E-state index < -0.39 is 73.4 Å². The number of ether oxygens (including phenoxy) is 5. The number of aliphatic hydroxyl groups is 6. The lowest BCUT2D eigenvalue weighted by Crippen LogP contribution is -2.61. The number of phenols is 2. The van der Waals surface area contributed by atoms with Crippen molar-refractivity contribution in [1.82, 2.24) is 9.80 Å². The van der Waals surface area contributed by atoms with Crippen molar-refractivity contribution in [1.29, 1.82) is 0 Å². The van der Waals surface area contributed by atoms with Gasteiger partial charge in [0.15, 0.2) is 35.2 Å². The number of aliphatic hydroxyl groups excluding tert-OH is 6. The number of phenolic OH excluding ortho intramolecular Hbond substituents is 2. The molecule has 0 spiro atoms. The summed E-state index contributed by atoms with van der Waals surface area (Å²) >= 11 is 0. The molecule has 2 aliphatic carbocycles. The van der Waals surface area contributed by atoms with Gasteiger partial charge in [0, 0.05) is 23.2 Å². The first kappa shape index (κ1) is 47.2. The van der Waals surface area contributed by atoms with E-state index in [2.05, 4.69) is 28.4 Å². The molecule has 6 aliphatic rings. The molecule has 4 heterocycles. The molecule has 18 nitrogen and oxygen atoms in total. The van der Waals surface area contributed by atoms with Crippen LogP contribution in [-0.4, -0.2) is 174 Å². The molecular weight excluding hydrogens is 824 g/mol. The van der Waals surface area contributed by atoms with Gasteiger partial charge in [-0.3, -0.25) is 9.80 Å². The summed E-state index contributed by atoms with van der Waals surface area (Å²) in [6.45, 7) is 8.71. The Balaban J connectivity index is 0.000000189. The zero-order valence-corrected chi connectivity index (χ0v) is 36.1. The SMILES string of the molecule is CCCN1CCC[C@@H]2Cc3c(ccc(O)c3O[C@@H]3O[C@H](C(=O)OC)[C@@H](O)[C@H](O)[C@H]3O)C[C@H]21.CCCN1CCC[C@@H]2Cc3c(ccc(O[C@@H]4O[C@H](C(=O)O)[C@@H](O)[C@H](O)[C@H]4O)c3O)C[C@H]21. The molecule has 9 N–H and O–H groups in total. The molecule has 63 heavy (non-hydrogen) atoms. The molecule has 0 amide bonds. The number of likely N-dealkylation sites (tertiary alicyclic amines) is 2. The minimum atomic E-state index is -1.79. The molecule has 350 valence electrons. The highest BCUT2D eigenvalue weighted by Gasteiger charge is 2.50. The molecule has 4 aliphatic heterocycles. The number of aromatic hydroxyl groups is 2. The van der Waals surface area contributed by atoms with Gasteiger partial charge >= 0.3 is 11.9 Å². The zero-order valence-electron chi connectivity index (χ0n) is 36.1. The largest absolute Gasteiger partial charge is 0.504 e. The third kappa shape index (κ3) is 9.62. The van der Waals surface area contributed by atoms with Crippen LogP contribution in [0.3, 0.4) is 0 Å². The van der Waals surface area contributed by atoms with Crippen molar-refractivity contribution in [2.75, 3.05) is 33.3 Å². The Labute approximate surface area is 366 Å². The van der Waals surface area contributed by atoms with E-state index in [1.807, 2.05) is 12.1 Å². The van der Waals surface area contributed by atoms with E-state index in [0.29, 0.717) is 23.9 Å². The molecule has 2 aromatic carbocycles. The second-order valence-electron chi connectivity index (χ2n) is 17.8. The van der Waals surface area contributed by atoms with Crippen LogP contribution in [0.4, 0.5) is 0 Å². The van der Waals surface area contributed by atoms with Crippen LogP contribution in [0.25, 0.3) is 0 Å². The summed E-state index contributed by atoms with van der Waals surface area (Å²) in [7, 11) is 1.13. The number of rotatable bonds is 10. The predicted octanol–water partition coefficient (Wildman–Crippen LogP) is 0.593. The summed E-state index contributed by atoms with van der Waals surface area (Å²) in [5.41, 5.74) is 3.78. The van der Waals surface area contributed by atoms with Crippen molar-refractivity contribution in [2.24, 2.45) is 11.8 Å². The minimum absolute atomic E-state index is 0.0492. The third-order valence-electron chi connectivity index (χ3n) is 13.9. The lowest BCUT2D eigenvalue weighted by atomic mass is 9.75. The molecule has 8 rings (SSSR count). The summed E-state index contributed by atoms with van der Waals surface area (Å²) in [6, 6.07) is 7.83. The normalized spacial score (nSPS) is 35.4. The lowest BCUT2D eigenvalue weighted by Gasteiger charge is -2.45. The average Bonchev–Trinajstić information content (AvgIpc) is 3.27. The fourth-order valence-corrected chi connectivity index (χ4v) is 10.6. The van der Waals surface area contributed by atoms with Crippen LogP contribution in [-0.2, 0) is 49.5 Å². The molecule has 0 saturated carbocycles. The van der Waals surface area contributed by atoms with Gasteiger partial charge in [-0.15, -0.1) is 0 Å². The van der Waals surface area contributed by atoms with Gasteiger partial charge in [0.05, 0.1) is 7.11 Å². The van der Waals surface area contributed by atoms with Crippen LogP contribution in [0.5, 0.6) is 23.0 Å². The van der Waals surface area contributed by atoms with E-state index in [9.17, 15) is 55.5 Å². The van der Waals surface area contributed by atoms with Gasteiger partial charge in [-0.05, 0) is 125 Å². The Morgan fingerprint density at radius 3 is 1.73 bits per heavy atom. The van der Waals surface area contributed by atoms with Crippen molar-refractivity contribution >= 4 is 11.9 Å². The monoisotopic (exact) mass is 888 g/mol. The summed E-state index contributed by atoms with van der Waals surface area (Å²) in [6.07, 6.45) is -6.67. The smallest absolute Gasteiger partial charge is 0.337 e. The van der Waals surface area contributed by atoms with Gasteiger partial charge in [0.25, 0.3) is 0 Å². The highest BCUT2D eigenvalue weighted by atomic mass is 16.7. The van der Waals surface area contributed by atoms with E-state index in [4.69, 9.17) is 18.9 Å². The molecule has 0 unspecified atom stereocenters. The topological polar surface area (TPSA) is 269 Å². The summed E-state index contributed by atoms with van der Waals surface area (Å²) in [5.74, 6) is -1.42. The number of methoxy groups -OCH3 is 1. The van der Waals surface area contributed by atoms with Crippen LogP contribution >= 0.6 is 0 Å². The molecule has 0 radical (unpaired) electrons.